The van der Waals surface area contributed by atoms with Crippen LogP contribution >= 0.6 is 7.45 Å². The van der Waals surface area contributed by atoms with Crippen LogP contribution in [0.15, 0.2) is 24.3 Å². The molecule has 3 heteroatoms. The molecule has 21 heavy (non-hydrogen) atoms. The fourth-order valence-electron chi connectivity index (χ4n) is 3.36. The third kappa shape index (κ3) is 2.82. The largest absolute Gasteiger partial charge is 0.301 e. The van der Waals surface area contributed by atoms with Crippen LogP contribution in [-0.4, -0.2) is 0 Å². The Labute approximate surface area is 126 Å². The van der Waals surface area contributed by atoms with Gasteiger partial charge in [-0.05, 0) is 63.8 Å². The zero-order valence-corrected chi connectivity index (χ0v) is 14.4. The van der Waals surface area contributed by atoms with Gasteiger partial charge in [-0.3, -0.25) is 4.57 Å². The van der Waals surface area contributed by atoms with Crippen molar-refractivity contribution in [1.82, 2.24) is 0 Å². The lowest BCUT2D eigenvalue weighted by molar-refractivity contribution is 0.557. The van der Waals surface area contributed by atoms with Crippen molar-refractivity contribution in [2.75, 3.05) is 0 Å². The Balaban J connectivity index is 2.78. The second-order valence-corrected chi connectivity index (χ2v) is 7.99. The molecule has 112 valence electrons. The van der Waals surface area contributed by atoms with Crippen molar-refractivity contribution >= 4 is 18.1 Å². The first kappa shape index (κ1) is 16.0. The Morgan fingerprint density at radius 3 is 1.14 bits per heavy atom. The molecule has 2 rings (SSSR count). The van der Waals surface area contributed by atoms with Crippen molar-refractivity contribution in [2.24, 2.45) is 0 Å². The first-order chi connectivity index (χ1) is 9.64. The van der Waals surface area contributed by atoms with Gasteiger partial charge in [0.2, 0.25) is 0 Å². The summed E-state index contributed by atoms with van der Waals surface area (Å²) in [5.74, 6) is 0. The van der Waals surface area contributed by atoms with Crippen LogP contribution in [0.5, 0.6) is 0 Å². The fraction of sp³-hybridized carbons (Fsp3) is 0.333. The summed E-state index contributed by atoms with van der Waals surface area (Å²) in [6, 6.07) is 7.58. The number of halogens is 1. The van der Waals surface area contributed by atoms with Crippen LogP contribution < -0.4 is 10.6 Å². The summed E-state index contributed by atoms with van der Waals surface area (Å²) in [5, 5.41) is 0.728. The number of hydrogen-bond donors (Lipinski definition) is 0. The molecule has 2 aromatic carbocycles. The van der Waals surface area contributed by atoms with Gasteiger partial charge in [0.25, 0.3) is 0 Å². The van der Waals surface area contributed by atoms with E-state index in [9.17, 15) is 4.57 Å². The van der Waals surface area contributed by atoms with E-state index < -0.39 is 7.45 Å². The standard InChI is InChI=1S/C18H22FOP/c1-11-7-13(3)17(14(4)8-11)21(19,20)18-15(5)9-12(2)10-16(18)6/h7-10H,1-6H3. The van der Waals surface area contributed by atoms with Crippen LogP contribution in [0.2, 0.25) is 0 Å². The van der Waals surface area contributed by atoms with Crippen LogP contribution in [0.4, 0.5) is 4.20 Å². The number of benzene rings is 2. The maximum atomic E-state index is 15.4. The molecule has 0 aliphatic heterocycles. The zero-order valence-electron chi connectivity index (χ0n) is 13.5. The quantitative estimate of drug-likeness (QED) is 0.733. The molecular formula is C18H22FOP. The van der Waals surface area contributed by atoms with E-state index in [2.05, 4.69) is 0 Å². The van der Waals surface area contributed by atoms with Crippen LogP contribution in [-0.2, 0) is 4.57 Å². The zero-order chi connectivity index (χ0) is 15.9. The first-order valence-electron chi connectivity index (χ1n) is 7.11. The highest BCUT2D eigenvalue weighted by atomic mass is 31.2. The molecule has 0 aliphatic carbocycles. The Morgan fingerprint density at radius 1 is 0.667 bits per heavy atom. The molecule has 0 saturated heterocycles. The SMILES string of the molecule is Cc1cc(C)c(P(=O)(F)c2c(C)cc(C)cc2C)c(C)c1. The predicted octanol–water partition coefficient (Wildman–Crippen LogP) is 4.74. The van der Waals surface area contributed by atoms with E-state index >= 15 is 4.20 Å². The highest BCUT2D eigenvalue weighted by molar-refractivity contribution is 7.74. The van der Waals surface area contributed by atoms with Gasteiger partial charge < -0.3 is 0 Å². The molecule has 0 atom stereocenters. The molecule has 0 saturated carbocycles. The van der Waals surface area contributed by atoms with Gasteiger partial charge in [-0.25, -0.2) is 0 Å². The Bertz CT molecular complexity index is 654. The minimum atomic E-state index is -4.09. The Morgan fingerprint density at radius 2 is 0.905 bits per heavy atom. The van der Waals surface area contributed by atoms with E-state index in [0.29, 0.717) is 10.6 Å². The van der Waals surface area contributed by atoms with Crippen LogP contribution in [0.25, 0.3) is 0 Å². The van der Waals surface area contributed by atoms with Gasteiger partial charge in [0, 0.05) is 0 Å². The average molecular weight is 304 g/mol. The third-order valence-electron chi connectivity index (χ3n) is 3.85. The number of hydrogen-bond acceptors (Lipinski definition) is 1. The smallest absolute Gasteiger partial charge is 0.277 e. The van der Waals surface area contributed by atoms with E-state index in [-0.39, 0.29) is 0 Å². The molecule has 1 nitrogen and oxygen atoms in total. The maximum absolute atomic E-state index is 15.4. The lowest BCUT2D eigenvalue weighted by Crippen LogP contribution is -2.22. The topological polar surface area (TPSA) is 17.1 Å². The van der Waals surface area contributed by atoms with Crippen LogP contribution in [0.3, 0.4) is 0 Å². The van der Waals surface area contributed by atoms with E-state index in [1.807, 2.05) is 65.8 Å². The molecule has 0 aliphatic rings. The average Bonchev–Trinajstić information content (AvgIpc) is 2.23. The summed E-state index contributed by atoms with van der Waals surface area (Å²) in [6.07, 6.45) is 0. The predicted molar refractivity (Wildman–Crippen MR) is 89.3 cm³/mol. The van der Waals surface area contributed by atoms with Gasteiger partial charge in [-0.15, -0.1) is 0 Å². The van der Waals surface area contributed by atoms with Crippen molar-refractivity contribution in [1.29, 1.82) is 0 Å². The van der Waals surface area contributed by atoms with Gasteiger partial charge in [-0.1, -0.05) is 35.4 Å². The summed E-state index contributed by atoms with van der Waals surface area (Å²) in [4.78, 5) is 0. The van der Waals surface area contributed by atoms with Crippen LogP contribution in [0, 0.1) is 41.5 Å². The molecule has 0 unspecified atom stereocenters. The minimum absolute atomic E-state index is 0.364. The normalized spacial score (nSPS) is 11.8. The van der Waals surface area contributed by atoms with Gasteiger partial charge in [0.1, 0.15) is 0 Å². The number of rotatable bonds is 2. The highest BCUT2D eigenvalue weighted by Gasteiger charge is 2.33. The summed E-state index contributed by atoms with van der Waals surface area (Å²) in [7, 11) is -4.09. The van der Waals surface area contributed by atoms with Gasteiger partial charge in [0.05, 0.1) is 10.6 Å². The molecule has 0 radical (unpaired) electrons. The summed E-state index contributed by atoms with van der Waals surface area (Å²) in [5.41, 5.74) is 5.17. The van der Waals surface area contributed by atoms with E-state index in [0.717, 1.165) is 33.4 Å². The molecule has 0 spiro atoms. The Hall–Kier alpha value is -1.40. The van der Waals surface area contributed by atoms with Gasteiger partial charge in [-0.2, -0.15) is 4.20 Å². The second-order valence-electron chi connectivity index (χ2n) is 6.03. The van der Waals surface area contributed by atoms with Crippen molar-refractivity contribution in [2.45, 2.75) is 41.5 Å². The van der Waals surface area contributed by atoms with Crippen LogP contribution in [0.1, 0.15) is 33.4 Å². The van der Waals surface area contributed by atoms with Crippen molar-refractivity contribution in [3.05, 3.63) is 57.6 Å². The molecule has 0 heterocycles. The Kier molecular flexibility index (Phi) is 4.13. The lowest BCUT2D eigenvalue weighted by atomic mass is 10.1. The molecule has 0 N–H and O–H groups in total. The molecule has 2 aromatic rings. The molecule has 0 aromatic heterocycles. The molecule has 0 fully saturated rings. The van der Waals surface area contributed by atoms with Crippen molar-refractivity contribution < 1.29 is 8.76 Å². The van der Waals surface area contributed by atoms with E-state index in [1.165, 1.54) is 0 Å². The highest BCUT2D eigenvalue weighted by Crippen LogP contribution is 2.48. The van der Waals surface area contributed by atoms with E-state index in [4.69, 9.17) is 0 Å². The fourth-order valence-corrected chi connectivity index (χ4v) is 5.66. The summed E-state index contributed by atoms with van der Waals surface area (Å²) >= 11 is 0. The van der Waals surface area contributed by atoms with Crippen molar-refractivity contribution in [3.63, 3.8) is 0 Å². The van der Waals surface area contributed by atoms with Gasteiger partial charge in [0.15, 0.2) is 0 Å². The monoisotopic (exact) mass is 304 g/mol. The lowest BCUT2D eigenvalue weighted by Gasteiger charge is -2.20. The van der Waals surface area contributed by atoms with Crippen molar-refractivity contribution in [3.8, 4) is 0 Å². The van der Waals surface area contributed by atoms with Gasteiger partial charge >= 0.3 is 7.45 Å². The second kappa shape index (κ2) is 5.42. The molecule has 0 amide bonds. The third-order valence-corrected chi connectivity index (χ3v) is 6.41. The van der Waals surface area contributed by atoms with E-state index in [1.54, 1.807) is 0 Å². The maximum Gasteiger partial charge on any atom is 0.301 e. The number of aryl methyl sites for hydroxylation is 6. The summed E-state index contributed by atoms with van der Waals surface area (Å²) in [6.45, 7) is 11.3. The summed E-state index contributed by atoms with van der Waals surface area (Å²) < 4.78 is 28.5. The first-order valence-corrected chi connectivity index (χ1v) is 8.71. The molecular weight excluding hydrogens is 282 g/mol. The molecule has 0 bridgehead atoms. The minimum Gasteiger partial charge on any atom is -0.277 e.